The SMILES string of the molecule is COCc1cccc(Oc2ccc(C#N)cc2N)c1. The minimum absolute atomic E-state index is 0.441. The van der Waals surface area contributed by atoms with E-state index < -0.39 is 0 Å². The van der Waals surface area contributed by atoms with Crippen LogP contribution in [0.5, 0.6) is 11.5 Å². The van der Waals surface area contributed by atoms with E-state index in [2.05, 4.69) is 0 Å². The first-order chi connectivity index (χ1) is 9.22. The molecule has 0 aliphatic rings. The Morgan fingerprint density at radius 1 is 1.21 bits per heavy atom. The number of ether oxygens (including phenoxy) is 2. The normalized spacial score (nSPS) is 9.89. The van der Waals surface area contributed by atoms with Crippen LogP contribution in [0.25, 0.3) is 0 Å². The quantitative estimate of drug-likeness (QED) is 0.851. The van der Waals surface area contributed by atoms with Crippen molar-refractivity contribution in [1.82, 2.24) is 0 Å². The highest BCUT2D eigenvalue weighted by molar-refractivity contribution is 5.57. The molecule has 0 aromatic heterocycles. The molecular formula is C15H14N2O2. The Kier molecular flexibility index (Phi) is 4.01. The molecule has 0 atom stereocenters. The Labute approximate surface area is 112 Å². The van der Waals surface area contributed by atoms with E-state index in [1.54, 1.807) is 25.3 Å². The predicted molar refractivity (Wildman–Crippen MR) is 72.8 cm³/mol. The van der Waals surface area contributed by atoms with Crippen molar-refractivity contribution in [1.29, 1.82) is 5.26 Å². The number of hydrogen-bond acceptors (Lipinski definition) is 4. The van der Waals surface area contributed by atoms with Crippen molar-refractivity contribution in [3.63, 3.8) is 0 Å². The van der Waals surface area contributed by atoms with Gasteiger partial charge in [0, 0.05) is 7.11 Å². The smallest absolute Gasteiger partial charge is 0.150 e. The molecule has 0 spiro atoms. The molecule has 0 radical (unpaired) electrons. The Bertz CT molecular complexity index is 618. The molecule has 2 rings (SSSR count). The highest BCUT2D eigenvalue weighted by Crippen LogP contribution is 2.28. The molecule has 0 bridgehead atoms. The Morgan fingerprint density at radius 3 is 2.74 bits per heavy atom. The highest BCUT2D eigenvalue weighted by atomic mass is 16.5. The van der Waals surface area contributed by atoms with Gasteiger partial charge < -0.3 is 15.2 Å². The standard InChI is InChI=1S/C15H14N2O2/c1-18-10-12-3-2-4-13(7-12)19-15-6-5-11(9-16)8-14(15)17/h2-8H,10,17H2,1H3. The molecular weight excluding hydrogens is 240 g/mol. The monoisotopic (exact) mass is 254 g/mol. The summed E-state index contributed by atoms with van der Waals surface area (Å²) < 4.78 is 10.8. The van der Waals surface area contributed by atoms with Crippen molar-refractivity contribution < 1.29 is 9.47 Å². The van der Waals surface area contributed by atoms with Crippen LogP contribution >= 0.6 is 0 Å². The van der Waals surface area contributed by atoms with Gasteiger partial charge in [-0.1, -0.05) is 12.1 Å². The van der Waals surface area contributed by atoms with Crippen LogP contribution < -0.4 is 10.5 Å². The van der Waals surface area contributed by atoms with E-state index >= 15 is 0 Å². The van der Waals surface area contributed by atoms with Crippen LogP contribution in [0.2, 0.25) is 0 Å². The molecule has 4 heteroatoms. The topological polar surface area (TPSA) is 68.3 Å². The van der Waals surface area contributed by atoms with Gasteiger partial charge in [0.15, 0.2) is 0 Å². The van der Waals surface area contributed by atoms with Gasteiger partial charge in [0.1, 0.15) is 11.5 Å². The summed E-state index contributed by atoms with van der Waals surface area (Å²) in [7, 11) is 1.64. The second-order valence-corrected chi connectivity index (χ2v) is 4.05. The van der Waals surface area contributed by atoms with Gasteiger partial charge >= 0.3 is 0 Å². The number of anilines is 1. The first-order valence-electron chi connectivity index (χ1n) is 5.78. The number of nitrogen functional groups attached to an aromatic ring is 1. The van der Waals surface area contributed by atoms with E-state index in [1.807, 2.05) is 30.3 Å². The van der Waals surface area contributed by atoms with E-state index in [1.165, 1.54) is 0 Å². The summed E-state index contributed by atoms with van der Waals surface area (Å²) in [4.78, 5) is 0. The Hall–Kier alpha value is -2.51. The van der Waals surface area contributed by atoms with E-state index in [-0.39, 0.29) is 0 Å². The summed E-state index contributed by atoms with van der Waals surface area (Å²) in [6.07, 6.45) is 0. The molecule has 2 aromatic carbocycles. The van der Waals surface area contributed by atoms with Gasteiger partial charge in [0.05, 0.1) is 23.9 Å². The Balaban J connectivity index is 2.21. The van der Waals surface area contributed by atoms with Gasteiger partial charge in [-0.25, -0.2) is 0 Å². The first kappa shape index (κ1) is 12.9. The van der Waals surface area contributed by atoms with Crippen LogP contribution in [0, 0.1) is 11.3 Å². The molecule has 96 valence electrons. The molecule has 19 heavy (non-hydrogen) atoms. The molecule has 0 aliphatic carbocycles. The number of nitriles is 1. The van der Waals surface area contributed by atoms with Gasteiger partial charge in [-0.3, -0.25) is 0 Å². The molecule has 0 saturated carbocycles. The second-order valence-electron chi connectivity index (χ2n) is 4.05. The minimum Gasteiger partial charge on any atom is -0.455 e. The third-order valence-corrected chi connectivity index (χ3v) is 2.58. The van der Waals surface area contributed by atoms with E-state index in [0.29, 0.717) is 29.4 Å². The van der Waals surface area contributed by atoms with Gasteiger partial charge in [-0.15, -0.1) is 0 Å². The fourth-order valence-electron chi connectivity index (χ4n) is 1.70. The highest BCUT2D eigenvalue weighted by Gasteiger charge is 2.04. The zero-order valence-corrected chi connectivity index (χ0v) is 10.6. The summed E-state index contributed by atoms with van der Waals surface area (Å²) in [5.41, 5.74) is 7.81. The van der Waals surface area contributed by atoms with Gasteiger partial charge in [-0.05, 0) is 35.9 Å². The number of nitrogens with zero attached hydrogens (tertiary/aromatic N) is 1. The van der Waals surface area contributed by atoms with Crippen molar-refractivity contribution in [2.45, 2.75) is 6.61 Å². The zero-order valence-electron chi connectivity index (χ0n) is 10.6. The van der Waals surface area contributed by atoms with Crippen LogP contribution in [0.1, 0.15) is 11.1 Å². The summed E-state index contributed by atoms with van der Waals surface area (Å²) >= 11 is 0. The lowest BCUT2D eigenvalue weighted by molar-refractivity contribution is 0.184. The van der Waals surface area contributed by atoms with E-state index in [4.69, 9.17) is 20.5 Å². The molecule has 0 unspecified atom stereocenters. The molecule has 0 aliphatic heterocycles. The lowest BCUT2D eigenvalue weighted by Gasteiger charge is -2.09. The van der Waals surface area contributed by atoms with E-state index in [9.17, 15) is 0 Å². The van der Waals surface area contributed by atoms with Gasteiger partial charge in [0.25, 0.3) is 0 Å². The van der Waals surface area contributed by atoms with E-state index in [0.717, 1.165) is 5.56 Å². The summed E-state index contributed by atoms with van der Waals surface area (Å²) in [6, 6.07) is 14.6. The largest absolute Gasteiger partial charge is 0.455 e. The van der Waals surface area contributed by atoms with Crippen molar-refractivity contribution in [2.75, 3.05) is 12.8 Å². The van der Waals surface area contributed by atoms with Crippen LogP contribution in [0.3, 0.4) is 0 Å². The van der Waals surface area contributed by atoms with Gasteiger partial charge in [0.2, 0.25) is 0 Å². The number of benzene rings is 2. The third-order valence-electron chi connectivity index (χ3n) is 2.58. The molecule has 0 fully saturated rings. The summed E-state index contributed by atoms with van der Waals surface area (Å²) in [6.45, 7) is 0.528. The van der Waals surface area contributed by atoms with Crippen molar-refractivity contribution >= 4 is 5.69 Å². The maximum absolute atomic E-state index is 8.78. The molecule has 0 amide bonds. The summed E-state index contributed by atoms with van der Waals surface area (Å²) in [5.74, 6) is 1.22. The number of rotatable bonds is 4. The third kappa shape index (κ3) is 3.24. The lowest BCUT2D eigenvalue weighted by Crippen LogP contribution is -1.94. The molecule has 2 aromatic rings. The molecule has 0 heterocycles. The van der Waals surface area contributed by atoms with Crippen molar-refractivity contribution in [3.8, 4) is 17.6 Å². The zero-order chi connectivity index (χ0) is 13.7. The van der Waals surface area contributed by atoms with Crippen LogP contribution in [-0.4, -0.2) is 7.11 Å². The average molecular weight is 254 g/mol. The number of methoxy groups -OCH3 is 1. The minimum atomic E-state index is 0.441. The predicted octanol–water partition coefficient (Wildman–Crippen LogP) is 3.08. The fourth-order valence-corrected chi connectivity index (χ4v) is 1.70. The number of nitrogens with two attached hydrogens (primary N) is 1. The van der Waals surface area contributed by atoms with Gasteiger partial charge in [-0.2, -0.15) is 5.26 Å². The first-order valence-corrected chi connectivity index (χ1v) is 5.78. The van der Waals surface area contributed by atoms with Crippen molar-refractivity contribution in [2.24, 2.45) is 0 Å². The maximum atomic E-state index is 8.78. The average Bonchev–Trinajstić information content (AvgIpc) is 2.42. The second kappa shape index (κ2) is 5.89. The number of hydrogen-bond donors (Lipinski definition) is 1. The fraction of sp³-hybridized carbons (Fsp3) is 0.133. The van der Waals surface area contributed by atoms with Crippen LogP contribution in [0.4, 0.5) is 5.69 Å². The maximum Gasteiger partial charge on any atom is 0.150 e. The Morgan fingerprint density at radius 2 is 2.05 bits per heavy atom. The van der Waals surface area contributed by atoms with Crippen LogP contribution in [0.15, 0.2) is 42.5 Å². The molecule has 2 N–H and O–H groups in total. The molecule has 0 saturated heterocycles. The lowest BCUT2D eigenvalue weighted by atomic mass is 10.2. The van der Waals surface area contributed by atoms with Crippen molar-refractivity contribution in [3.05, 3.63) is 53.6 Å². The molecule has 4 nitrogen and oxygen atoms in total. The summed E-state index contributed by atoms with van der Waals surface area (Å²) in [5, 5.41) is 8.78. The van der Waals surface area contributed by atoms with Crippen LogP contribution in [-0.2, 0) is 11.3 Å².